The monoisotopic (exact) mass is 456 g/mol. The normalized spacial score (nSPS) is 15.0. The Bertz CT molecular complexity index is 1150. The van der Waals surface area contributed by atoms with Gasteiger partial charge in [-0.2, -0.15) is 4.31 Å². The van der Waals surface area contributed by atoms with Crippen molar-refractivity contribution in [3.05, 3.63) is 77.9 Å². The Kier molecular flexibility index (Phi) is 6.52. The molecule has 4 rings (SSSR count). The van der Waals surface area contributed by atoms with Gasteiger partial charge in [-0.05, 0) is 35.4 Å². The average Bonchev–Trinajstić information content (AvgIpc) is 3.31. The molecule has 0 spiro atoms. The van der Waals surface area contributed by atoms with Gasteiger partial charge in [0.25, 0.3) is 15.9 Å². The molecule has 0 bridgehead atoms. The van der Waals surface area contributed by atoms with Crippen LogP contribution in [0.1, 0.15) is 15.9 Å². The molecule has 1 amide bonds. The Morgan fingerprint density at radius 3 is 2.52 bits per heavy atom. The van der Waals surface area contributed by atoms with E-state index in [1.807, 2.05) is 48.5 Å². The molecule has 1 aliphatic rings. The van der Waals surface area contributed by atoms with Crippen molar-refractivity contribution < 1.29 is 17.9 Å². The van der Waals surface area contributed by atoms with Crippen LogP contribution in [0.3, 0.4) is 0 Å². The zero-order chi connectivity index (χ0) is 21.8. The topological polar surface area (TPSA) is 66.9 Å². The molecule has 2 aromatic carbocycles. The molecule has 2 heterocycles. The van der Waals surface area contributed by atoms with Gasteiger partial charge in [0.15, 0.2) is 0 Å². The number of hydrogen-bond acceptors (Lipinski definition) is 5. The number of carbonyl (C=O) groups excluding carboxylic acids is 1. The average molecular weight is 457 g/mol. The number of nitrogens with zero attached hydrogens (tertiary/aromatic N) is 2. The summed E-state index contributed by atoms with van der Waals surface area (Å²) in [7, 11) is -1.75. The smallest absolute Gasteiger partial charge is 0.253 e. The van der Waals surface area contributed by atoms with Crippen LogP contribution in [-0.2, 0) is 21.3 Å². The van der Waals surface area contributed by atoms with Crippen LogP contribution in [0.4, 0.5) is 0 Å². The van der Waals surface area contributed by atoms with Gasteiger partial charge in [0, 0.05) is 37.1 Å². The van der Waals surface area contributed by atoms with E-state index < -0.39 is 10.0 Å². The minimum atomic E-state index is -3.53. The number of hydrogen-bond donors (Lipinski definition) is 0. The summed E-state index contributed by atoms with van der Waals surface area (Å²) in [6.07, 6.45) is 0. The Hall–Kier alpha value is -2.52. The van der Waals surface area contributed by atoms with Gasteiger partial charge < -0.3 is 9.64 Å². The molecule has 3 aromatic rings. The largest absolute Gasteiger partial charge is 0.379 e. The van der Waals surface area contributed by atoms with Gasteiger partial charge in [0.2, 0.25) is 0 Å². The molecule has 0 unspecified atom stereocenters. The first-order valence-corrected chi connectivity index (χ1v) is 12.3. The van der Waals surface area contributed by atoms with E-state index in [0.29, 0.717) is 42.6 Å². The summed E-state index contributed by atoms with van der Waals surface area (Å²) in [5, 5.41) is 0. The van der Waals surface area contributed by atoms with Crippen molar-refractivity contribution in [2.24, 2.45) is 0 Å². The molecule has 1 saturated heterocycles. The van der Waals surface area contributed by atoms with Crippen molar-refractivity contribution >= 4 is 27.3 Å². The van der Waals surface area contributed by atoms with Crippen molar-refractivity contribution in [2.75, 3.05) is 33.4 Å². The number of sulfonamides is 1. The fourth-order valence-corrected chi connectivity index (χ4v) is 6.35. The fraction of sp³-hybridized carbons (Fsp3) is 0.261. The van der Waals surface area contributed by atoms with Crippen molar-refractivity contribution in [2.45, 2.75) is 10.8 Å². The second kappa shape index (κ2) is 9.32. The van der Waals surface area contributed by atoms with Crippen molar-refractivity contribution in [3.63, 3.8) is 0 Å². The van der Waals surface area contributed by atoms with Crippen LogP contribution < -0.4 is 0 Å². The molecule has 1 aromatic heterocycles. The molecule has 1 aliphatic heterocycles. The van der Waals surface area contributed by atoms with Gasteiger partial charge in [-0.3, -0.25) is 4.79 Å². The number of carbonyl (C=O) groups is 1. The van der Waals surface area contributed by atoms with Crippen LogP contribution in [0.25, 0.3) is 10.4 Å². The molecule has 162 valence electrons. The van der Waals surface area contributed by atoms with Gasteiger partial charge >= 0.3 is 0 Å². The second-order valence-corrected chi connectivity index (χ2v) is 10.6. The summed E-state index contributed by atoms with van der Waals surface area (Å²) < 4.78 is 32.8. The van der Waals surface area contributed by atoms with Gasteiger partial charge in [-0.15, -0.1) is 11.3 Å². The number of amides is 1. The first kappa shape index (κ1) is 21.7. The molecule has 1 fully saturated rings. The van der Waals surface area contributed by atoms with Crippen molar-refractivity contribution in [1.82, 2.24) is 9.21 Å². The van der Waals surface area contributed by atoms with Crippen LogP contribution in [0.2, 0.25) is 0 Å². The number of benzene rings is 2. The lowest BCUT2D eigenvalue weighted by Gasteiger charge is -2.25. The number of morpholine rings is 1. The summed E-state index contributed by atoms with van der Waals surface area (Å²) in [5.41, 5.74) is 2.46. The van der Waals surface area contributed by atoms with E-state index in [4.69, 9.17) is 4.74 Å². The first-order chi connectivity index (χ1) is 14.9. The summed E-state index contributed by atoms with van der Waals surface area (Å²) in [6.45, 7) is 2.09. The molecule has 0 aliphatic carbocycles. The van der Waals surface area contributed by atoms with E-state index >= 15 is 0 Å². The van der Waals surface area contributed by atoms with E-state index in [0.717, 1.165) is 16.0 Å². The molecule has 6 nitrogen and oxygen atoms in total. The highest BCUT2D eigenvalue weighted by Crippen LogP contribution is 2.33. The maximum Gasteiger partial charge on any atom is 0.253 e. The third-order valence-corrected chi connectivity index (χ3v) is 8.65. The zero-order valence-corrected chi connectivity index (χ0v) is 18.9. The van der Waals surface area contributed by atoms with Crippen molar-refractivity contribution in [3.8, 4) is 10.4 Å². The van der Waals surface area contributed by atoms with Gasteiger partial charge in [0.05, 0.1) is 13.2 Å². The molecule has 0 atom stereocenters. The summed E-state index contributed by atoms with van der Waals surface area (Å²) >= 11 is 1.22. The highest BCUT2D eigenvalue weighted by molar-refractivity contribution is 7.91. The summed E-state index contributed by atoms with van der Waals surface area (Å²) in [5.74, 6) is -0.0802. The molecular formula is C23H24N2O4S2. The van der Waals surface area contributed by atoms with Crippen LogP contribution in [0.5, 0.6) is 0 Å². The second-order valence-electron chi connectivity index (χ2n) is 7.36. The number of rotatable bonds is 6. The molecule has 0 saturated carbocycles. The summed E-state index contributed by atoms with van der Waals surface area (Å²) in [6, 6.07) is 20.6. The van der Waals surface area contributed by atoms with Crippen LogP contribution in [-0.4, -0.2) is 56.9 Å². The van der Waals surface area contributed by atoms with E-state index in [2.05, 4.69) is 0 Å². The maximum absolute atomic E-state index is 12.9. The molecule has 0 radical (unpaired) electrons. The number of ether oxygens (including phenoxy) is 1. The number of thiophene rings is 1. The van der Waals surface area contributed by atoms with Gasteiger partial charge in [0.1, 0.15) is 4.21 Å². The van der Waals surface area contributed by atoms with E-state index in [1.165, 1.54) is 15.6 Å². The van der Waals surface area contributed by atoms with E-state index in [-0.39, 0.29) is 5.91 Å². The van der Waals surface area contributed by atoms with E-state index in [1.54, 1.807) is 30.1 Å². The van der Waals surface area contributed by atoms with Gasteiger partial charge in [-0.1, -0.05) is 42.5 Å². The Morgan fingerprint density at radius 2 is 1.77 bits per heavy atom. The fourth-order valence-electron chi connectivity index (χ4n) is 3.48. The van der Waals surface area contributed by atoms with E-state index in [9.17, 15) is 13.2 Å². The van der Waals surface area contributed by atoms with Crippen molar-refractivity contribution in [1.29, 1.82) is 0 Å². The lowest BCUT2D eigenvalue weighted by Crippen LogP contribution is -2.40. The van der Waals surface area contributed by atoms with Crippen LogP contribution in [0, 0.1) is 0 Å². The SMILES string of the molecule is CN(Cc1ccccc1)C(=O)c1cccc(-c2ccc(S(=O)(=O)N3CCOCC3)s2)c1. The predicted molar refractivity (Wildman–Crippen MR) is 122 cm³/mol. The van der Waals surface area contributed by atoms with Crippen LogP contribution >= 0.6 is 11.3 Å². The minimum Gasteiger partial charge on any atom is -0.379 e. The van der Waals surface area contributed by atoms with Gasteiger partial charge in [-0.25, -0.2) is 8.42 Å². The molecular weight excluding hydrogens is 432 g/mol. The molecule has 0 N–H and O–H groups in total. The highest BCUT2D eigenvalue weighted by atomic mass is 32.2. The quantitative estimate of drug-likeness (QED) is 0.567. The Morgan fingerprint density at radius 1 is 1.03 bits per heavy atom. The molecule has 8 heteroatoms. The first-order valence-electron chi connectivity index (χ1n) is 10.0. The van der Waals surface area contributed by atoms with Crippen LogP contribution in [0.15, 0.2) is 70.9 Å². The lowest BCUT2D eigenvalue weighted by atomic mass is 10.1. The highest BCUT2D eigenvalue weighted by Gasteiger charge is 2.28. The predicted octanol–water partition coefficient (Wildman–Crippen LogP) is 3.71. The lowest BCUT2D eigenvalue weighted by molar-refractivity contribution is 0.0731. The minimum absolute atomic E-state index is 0.0802. The third kappa shape index (κ3) is 4.88. The third-order valence-electron chi connectivity index (χ3n) is 5.15. The molecule has 31 heavy (non-hydrogen) atoms. The summed E-state index contributed by atoms with van der Waals surface area (Å²) in [4.78, 5) is 15.4. The zero-order valence-electron chi connectivity index (χ0n) is 17.2. The Balaban J connectivity index is 1.53. The maximum atomic E-state index is 12.9. The standard InChI is InChI=1S/C23H24N2O4S2/c1-24(17-18-6-3-2-4-7-18)23(26)20-9-5-8-19(16-20)21-10-11-22(30-21)31(27,28)25-12-14-29-15-13-25/h2-11,16H,12-15,17H2,1H3. The Labute approximate surface area is 186 Å².